The quantitative estimate of drug-likeness (QED) is 0.720. The van der Waals surface area contributed by atoms with Gasteiger partial charge in [-0.2, -0.15) is 0 Å². The molecule has 4 rings (SSSR count). The monoisotopic (exact) mass is 370 g/mol. The van der Waals surface area contributed by atoms with E-state index in [4.69, 9.17) is 0 Å². The summed E-state index contributed by atoms with van der Waals surface area (Å²) < 4.78 is 2.10. The van der Waals surface area contributed by atoms with E-state index in [9.17, 15) is 4.79 Å². The molecule has 1 aromatic carbocycles. The fourth-order valence-corrected chi connectivity index (χ4v) is 4.41. The Labute approximate surface area is 159 Å². The van der Waals surface area contributed by atoms with Crippen molar-refractivity contribution in [2.45, 2.75) is 57.3 Å². The van der Waals surface area contributed by atoms with Crippen LogP contribution in [0.3, 0.4) is 0 Å². The average Bonchev–Trinajstić information content (AvgIpc) is 3.56. The lowest BCUT2D eigenvalue weighted by Crippen LogP contribution is -2.39. The van der Waals surface area contributed by atoms with Gasteiger partial charge >= 0.3 is 0 Å². The van der Waals surface area contributed by atoms with E-state index in [1.165, 1.54) is 43.0 Å². The van der Waals surface area contributed by atoms with Gasteiger partial charge in [0.25, 0.3) is 0 Å². The van der Waals surface area contributed by atoms with E-state index >= 15 is 0 Å². The number of nitrogens with one attached hydrogen (secondary N) is 1. The van der Waals surface area contributed by atoms with Crippen molar-refractivity contribution in [3.05, 3.63) is 29.8 Å². The van der Waals surface area contributed by atoms with Gasteiger partial charge in [0.2, 0.25) is 5.91 Å². The summed E-state index contributed by atoms with van der Waals surface area (Å²) in [5, 5.41) is 12.8. The smallest absolute Gasteiger partial charge is 0.230 e. The van der Waals surface area contributed by atoms with Crippen LogP contribution in [0, 0.1) is 18.8 Å². The lowest BCUT2D eigenvalue weighted by molar-refractivity contribution is -0.119. The molecule has 0 spiro atoms. The molecule has 1 heterocycles. The highest BCUT2D eigenvalue weighted by Crippen LogP contribution is 2.44. The largest absolute Gasteiger partial charge is 0.352 e. The highest BCUT2D eigenvalue weighted by Gasteiger charge is 2.42. The molecule has 1 N–H and O–H groups in total. The summed E-state index contributed by atoms with van der Waals surface area (Å²) in [6.45, 7) is 4.96. The molecule has 2 aromatic rings. The summed E-state index contributed by atoms with van der Waals surface area (Å²) in [6, 6.07) is 8.62. The molecule has 0 bridgehead atoms. The van der Waals surface area contributed by atoms with Gasteiger partial charge < -0.3 is 9.88 Å². The fraction of sp³-hybridized carbons (Fsp3) is 0.550. The standard InChI is InChI=1S/C20H26N4OS/c1-3-24-19(16-7-5-4-6-13(16)2)22-23-20(24)26-12-17(25)21-18(14-8-9-14)15-10-11-15/h4-7,14-15,18H,3,8-12H2,1-2H3,(H,21,25). The summed E-state index contributed by atoms with van der Waals surface area (Å²) in [7, 11) is 0. The molecular weight excluding hydrogens is 344 g/mol. The molecule has 0 saturated heterocycles. The van der Waals surface area contributed by atoms with Crippen LogP contribution in [0.1, 0.15) is 38.2 Å². The number of hydrogen-bond acceptors (Lipinski definition) is 4. The van der Waals surface area contributed by atoms with E-state index in [0.29, 0.717) is 11.8 Å². The normalized spacial score (nSPS) is 16.9. The van der Waals surface area contributed by atoms with Crippen molar-refractivity contribution in [3.8, 4) is 11.4 Å². The Balaban J connectivity index is 1.42. The van der Waals surface area contributed by atoms with Gasteiger partial charge in [-0.3, -0.25) is 4.79 Å². The molecule has 138 valence electrons. The Morgan fingerprint density at radius 2 is 1.92 bits per heavy atom. The molecule has 1 amide bonds. The summed E-state index contributed by atoms with van der Waals surface area (Å²) in [6.07, 6.45) is 5.11. The van der Waals surface area contributed by atoms with Gasteiger partial charge in [-0.15, -0.1) is 10.2 Å². The van der Waals surface area contributed by atoms with Gasteiger partial charge in [0, 0.05) is 18.2 Å². The van der Waals surface area contributed by atoms with Crippen LogP contribution in [0.25, 0.3) is 11.4 Å². The molecule has 0 aliphatic heterocycles. The van der Waals surface area contributed by atoms with E-state index in [1.807, 2.05) is 12.1 Å². The van der Waals surface area contributed by atoms with Crippen LogP contribution in [-0.4, -0.2) is 32.5 Å². The first kappa shape index (κ1) is 17.6. The predicted molar refractivity (Wildman–Crippen MR) is 104 cm³/mol. The van der Waals surface area contributed by atoms with Crippen LogP contribution in [-0.2, 0) is 11.3 Å². The van der Waals surface area contributed by atoms with Crippen LogP contribution >= 0.6 is 11.8 Å². The van der Waals surface area contributed by atoms with Crippen molar-refractivity contribution in [3.63, 3.8) is 0 Å². The zero-order valence-electron chi connectivity index (χ0n) is 15.4. The maximum absolute atomic E-state index is 12.4. The minimum Gasteiger partial charge on any atom is -0.352 e. The third kappa shape index (κ3) is 3.80. The second-order valence-electron chi connectivity index (χ2n) is 7.42. The molecule has 6 heteroatoms. The van der Waals surface area contributed by atoms with Crippen LogP contribution in [0.5, 0.6) is 0 Å². The summed E-state index contributed by atoms with van der Waals surface area (Å²) in [5.74, 6) is 2.86. The SMILES string of the molecule is CCn1c(SCC(=O)NC(C2CC2)C2CC2)nnc1-c1ccccc1C. The molecule has 26 heavy (non-hydrogen) atoms. The number of aromatic nitrogens is 3. The van der Waals surface area contributed by atoms with Crippen molar-refractivity contribution < 1.29 is 4.79 Å². The van der Waals surface area contributed by atoms with Crippen molar-refractivity contribution >= 4 is 17.7 Å². The van der Waals surface area contributed by atoms with Crippen LogP contribution < -0.4 is 5.32 Å². The molecular formula is C20H26N4OS. The molecule has 2 aliphatic carbocycles. The molecule has 5 nitrogen and oxygen atoms in total. The fourth-order valence-electron chi connectivity index (χ4n) is 3.59. The first-order valence-electron chi connectivity index (χ1n) is 9.58. The van der Waals surface area contributed by atoms with Gasteiger partial charge in [0.1, 0.15) is 0 Å². The zero-order chi connectivity index (χ0) is 18.1. The Hall–Kier alpha value is -1.82. The minimum absolute atomic E-state index is 0.127. The number of carbonyl (C=O) groups is 1. The highest BCUT2D eigenvalue weighted by molar-refractivity contribution is 7.99. The minimum atomic E-state index is 0.127. The number of rotatable bonds is 8. The second kappa shape index (κ2) is 7.43. The lowest BCUT2D eigenvalue weighted by Gasteiger charge is -2.17. The number of nitrogens with zero attached hydrogens (tertiary/aromatic N) is 3. The van der Waals surface area contributed by atoms with E-state index in [-0.39, 0.29) is 5.91 Å². The molecule has 1 aromatic heterocycles. The first-order chi connectivity index (χ1) is 12.7. The van der Waals surface area contributed by atoms with Gasteiger partial charge in [-0.1, -0.05) is 36.0 Å². The number of hydrogen-bond donors (Lipinski definition) is 1. The molecule has 0 atom stereocenters. The van der Waals surface area contributed by atoms with Crippen LogP contribution in [0.2, 0.25) is 0 Å². The van der Waals surface area contributed by atoms with E-state index in [1.54, 1.807) is 0 Å². The van der Waals surface area contributed by atoms with Crippen LogP contribution in [0.4, 0.5) is 0 Å². The van der Waals surface area contributed by atoms with Gasteiger partial charge in [0.05, 0.1) is 5.75 Å². The van der Waals surface area contributed by atoms with Gasteiger partial charge in [-0.25, -0.2) is 0 Å². The number of thioether (sulfide) groups is 1. The maximum Gasteiger partial charge on any atom is 0.230 e. The highest BCUT2D eigenvalue weighted by atomic mass is 32.2. The summed E-state index contributed by atoms with van der Waals surface area (Å²) >= 11 is 1.48. The predicted octanol–water partition coefficient (Wildman–Crippen LogP) is 3.67. The third-order valence-corrected chi connectivity index (χ3v) is 6.31. The summed E-state index contributed by atoms with van der Waals surface area (Å²) in [5.41, 5.74) is 2.28. The number of amides is 1. The van der Waals surface area contributed by atoms with E-state index in [2.05, 4.69) is 46.1 Å². The van der Waals surface area contributed by atoms with Gasteiger partial charge in [0.15, 0.2) is 11.0 Å². The second-order valence-corrected chi connectivity index (χ2v) is 8.36. The van der Waals surface area contributed by atoms with E-state index < -0.39 is 0 Å². The Morgan fingerprint density at radius 3 is 2.54 bits per heavy atom. The molecule has 0 unspecified atom stereocenters. The maximum atomic E-state index is 12.4. The Morgan fingerprint density at radius 1 is 1.23 bits per heavy atom. The number of carbonyl (C=O) groups excluding carboxylic acids is 1. The molecule has 2 fully saturated rings. The topological polar surface area (TPSA) is 59.8 Å². The number of benzene rings is 1. The Bertz CT molecular complexity index is 783. The summed E-state index contributed by atoms with van der Waals surface area (Å²) in [4.78, 5) is 12.4. The third-order valence-electron chi connectivity index (χ3n) is 5.34. The lowest BCUT2D eigenvalue weighted by atomic mass is 10.1. The van der Waals surface area contributed by atoms with Crippen LogP contribution in [0.15, 0.2) is 29.4 Å². The molecule has 0 radical (unpaired) electrons. The van der Waals surface area contributed by atoms with Crippen molar-refractivity contribution in [2.24, 2.45) is 11.8 Å². The Kier molecular flexibility index (Phi) is 5.02. The van der Waals surface area contributed by atoms with E-state index in [0.717, 1.165) is 34.9 Å². The number of aryl methyl sites for hydroxylation is 1. The van der Waals surface area contributed by atoms with Gasteiger partial charge in [-0.05, 0) is 56.9 Å². The van der Waals surface area contributed by atoms with Crippen molar-refractivity contribution in [1.82, 2.24) is 20.1 Å². The first-order valence-corrected chi connectivity index (χ1v) is 10.6. The van der Waals surface area contributed by atoms with Crippen molar-refractivity contribution in [1.29, 1.82) is 0 Å². The van der Waals surface area contributed by atoms with Crippen molar-refractivity contribution in [2.75, 3.05) is 5.75 Å². The zero-order valence-corrected chi connectivity index (χ0v) is 16.3. The molecule has 2 saturated carbocycles. The average molecular weight is 371 g/mol. The molecule has 2 aliphatic rings.